The largest absolute Gasteiger partial charge is 0.466 e. The number of hydrogen-bond donors (Lipinski definition) is 3. The Hall–Kier alpha value is -1.83. The first-order valence-electron chi connectivity index (χ1n) is 9.92. The van der Waals surface area contributed by atoms with Crippen molar-refractivity contribution in [2.75, 3.05) is 52.3 Å². The summed E-state index contributed by atoms with van der Waals surface area (Å²) in [6, 6.07) is 1.69. The normalized spacial score (nSPS) is 15.7. The molecule has 9 heteroatoms. The number of carbonyl (C=O) groups excluding carboxylic acids is 1. The predicted molar refractivity (Wildman–Crippen MR) is 131 cm³/mol. The molecule has 1 saturated heterocycles. The maximum absolute atomic E-state index is 9.82. The molecule has 1 rings (SSSR count). The summed E-state index contributed by atoms with van der Waals surface area (Å²) in [5, 5.41) is 28.3. The summed E-state index contributed by atoms with van der Waals surface area (Å²) >= 11 is 1.85. The van der Waals surface area contributed by atoms with Gasteiger partial charge in [0.25, 0.3) is 0 Å². The van der Waals surface area contributed by atoms with Gasteiger partial charge >= 0.3 is 5.97 Å². The Bertz CT molecular complexity index is 463. The third kappa shape index (κ3) is 26.1. The van der Waals surface area contributed by atoms with Crippen molar-refractivity contribution in [1.29, 1.82) is 5.26 Å². The molecule has 182 valence electrons. The summed E-state index contributed by atoms with van der Waals surface area (Å²) in [5.74, 6) is -0.211. The van der Waals surface area contributed by atoms with Gasteiger partial charge < -0.3 is 24.6 Å². The van der Waals surface area contributed by atoms with Gasteiger partial charge in [-0.3, -0.25) is 10.1 Å². The fraction of sp³-hybridized carbons (Fsp3) is 0.636. The zero-order valence-corrected chi connectivity index (χ0v) is 20.7. The van der Waals surface area contributed by atoms with Crippen molar-refractivity contribution >= 4 is 17.7 Å². The molecule has 0 saturated carbocycles. The average Bonchev–Trinajstić information content (AvgIpc) is 3.56. The van der Waals surface area contributed by atoms with Crippen LogP contribution in [-0.2, 0) is 14.3 Å². The summed E-state index contributed by atoms with van der Waals surface area (Å²) in [7, 11) is 0. The number of nitriles is 1. The number of nitrogens with zero attached hydrogens (tertiary/aromatic N) is 2. The van der Waals surface area contributed by atoms with Crippen molar-refractivity contribution in [3.05, 3.63) is 38.6 Å². The Morgan fingerprint density at radius 1 is 1.35 bits per heavy atom. The van der Waals surface area contributed by atoms with E-state index < -0.39 is 0 Å². The Balaban J connectivity index is -0.000000160. The van der Waals surface area contributed by atoms with Gasteiger partial charge in [-0.15, -0.1) is 13.2 Å². The van der Waals surface area contributed by atoms with Crippen molar-refractivity contribution in [2.24, 2.45) is 0 Å². The van der Waals surface area contributed by atoms with Gasteiger partial charge in [-0.05, 0) is 32.8 Å². The van der Waals surface area contributed by atoms with Gasteiger partial charge in [-0.1, -0.05) is 20.1 Å². The lowest BCUT2D eigenvalue weighted by molar-refractivity contribution is -0.140. The third-order valence-electron chi connectivity index (χ3n) is 3.41. The molecule has 0 aromatic heterocycles. The Labute approximate surface area is 193 Å². The molecule has 0 amide bonds. The number of aliphatic hydroxyl groups excluding tert-OH is 2. The standard InChI is InChI=1S/C7H15NOS.C6H13NO2.C4H8O2.C3H3N.C2H4/c1-4-8-7(5-9-7)6(2)10-3;1-2-7(3-5-8)4-6-9;1-3-6-4(2)5;1-2-3-4;1-2/h6,8H,4-5H2,1-3H3;2,8-9H,1,3-6H2;3H2,1-2H3;2H,1H2;1-2H2. The van der Waals surface area contributed by atoms with E-state index in [4.69, 9.17) is 20.2 Å². The molecule has 0 bridgehead atoms. The van der Waals surface area contributed by atoms with Gasteiger partial charge in [0.15, 0.2) is 5.72 Å². The van der Waals surface area contributed by atoms with Crippen LogP contribution in [0.5, 0.6) is 0 Å². The smallest absolute Gasteiger partial charge is 0.302 e. The summed E-state index contributed by atoms with van der Waals surface area (Å²) in [6.07, 6.45) is 4.90. The molecule has 1 aliphatic heterocycles. The zero-order valence-electron chi connectivity index (χ0n) is 19.9. The molecule has 3 N–H and O–H groups in total. The van der Waals surface area contributed by atoms with E-state index in [-0.39, 0.29) is 24.9 Å². The number of esters is 1. The summed E-state index contributed by atoms with van der Waals surface area (Å²) in [4.78, 5) is 11.6. The second-order valence-electron chi connectivity index (χ2n) is 5.51. The van der Waals surface area contributed by atoms with Crippen molar-refractivity contribution in [2.45, 2.75) is 38.7 Å². The molecule has 1 fully saturated rings. The van der Waals surface area contributed by atoms with E-state index in [1.807, 2.05) is 11.8 Å². The predicted octanol–water partition coefficient (Wildman–Crippen LogP) is 2.56. The highest BCUT2D eigenvalue weighted by Crippen LogP contribution is 2.33. The van der Waals surface area contributed by atoms with Crippen LogP contribution in [-0.4, -0.2) is 84.4 Å². The minimum absolute atomic E-state index is 0.0220. The van der Waals surface area contributed by atoms with Gasteiger partial charge in [0, 0.05) is 31.3 Å². The zero-order chi connectivity index (χ0) is 25.1. The van der Waals surface area contributed by atoms with Crippen LogP contribution in [0.2, 0.25) is 0 Å². The number of rotatable bonds is 10. The lowest BCUT2D eigenvalue weighted by Crippen LogP contribution is -2.40. The highest BCUT2D eigenvalue weighted by atomic mass is 32.2. The molecule has 0 aromatic rings. The molecule has 0 aliphatic carbocycles. The van der Waals surface area contributed by atoms with Gasteiger partial charge in [-0.2, -0.15) is 17.0 Å². The molecule has 2 atom stereocenters. The number of hydrogen-bond acceptors (Lipinski definition) is 9. The Kier molecular flexibility index (Phi) is 33.2. The molecule has 1 aliphatic rings. The van der Waals surface area contributed by atoms with Crippen LogP contribution in [0, 0.1) is 11.3 Å². The van der Waals surface area contributed by atoms with E-state index in [0.717, 1.165) is 13.2 Å². The molecule has 0 aromatic carbocycles. The van der Waals surface area contributed by atoms with E-state index in [2.05, 4.69) is 56.5 Å². The van der Waals surface area contributed by atoms with Crippen LogP contribution in [0.3, 0.4) is 0 Å². The summed E-state index contributed by atoms with van der Waals surface area (Å²) in [5.41, 5.74) is 0.0220. The summed E-state index contributed by atoms with van der Waals surface area (Å²) in [6.45, 7) is 23.7. The Morgan fingerprint density at radius 2 is 1.81 bits per heavy atom. The van der Waals surface area contributed by atoms with Crippen LogP contribution in [0.15, 0.2) is 38.6 Å². The molecule has 1 heterocycles. The lowest BCUT2D eigenvalue weighted by Gasteiger charge is -2.18. The number of likely N-dealkylation sites (N-methyl/N-ethyl adjacent to an activating group) is 1. The van der Waals surface area contributed by atoms with E-state index in [0.29, 0.717) is 24.9 Å². The number of thioether (sulfide) groups is 1. The number of nitrogens with one attached hydrogen (secondary N) is 1. The number of allylic oxidation sites excluding steroid dienone is 1. The highest BCUT2D eigenvalue weighted by Gasteiger charge is 2.48. The van der Waals surface area contributed by atoms with Gasteiger partial charge in [0.2, 0.25) is 0 Å². The highest BCUT2D eigenvalue weighted by molar-refractivity contribution is 7.99. The number of ether oxygens (including phenoxy) is 2. The molecular formula is C22H43N3O5S. The summed E-state index contributed by atoms with van der Waals surface area (Å²) < 4.78 is 9.76. The van der Waals surface area contributed by atoms with Crippen LogP contribution in [0.1, 0.15) is 27.7 Å². The monoisotopic (exact) mass is 461 g/mol. The second kappa shape index (κ2) is 28.2. The second-order valence-corrected chi connectivity index (χ2v) is 6.69. The Morgan fingerprint density at radius 3 is 1.97 bits per heavy atom. The minimum atomic E-state index is -0.211. The quantitative estimate of drug-likeness (QED) is 0.195. The molecule has 2 unspecified atom stereocenters. The van der Waals surface area contributed by atoms with Crippen molar-refractivity contribution in [3.8, 4) is 6.07 Å². The first-order chi connectivity index (χ1) is 14.8. The molecular weight excluding hydrogens is 418 g/mol. The fourth-order valence-electron chi connectivity index (χ4n) is 1.80. The van der Waals surface area contributed by atoms with Gasteiger partial charge in [0.1, 0.15) is 0 Å². The van der Waals surface area contributed by atoms with Gasteiger partial charge in [0.05, 0.1) is 32.5 Å². The lowest BCUT2D eigenvalue weighted by atomic mass is 10.2. The maximum atomic E-state index is 9.82. The SMILES string of the molecule is C=C.C=CC#N.C=CN(CCO)CCO.CCNC1(C(C)SC)CO1.CCOC(C)=O. The van der Waals surface area contributed by atoms with Crippen molar-refractivity contribution in [3.63, 3.8) is 0 Å². The van der Waals surface area contributed by atoms with E-state index in [1.54, 1.807) is 24.1 Å². The van der Waals surface area contributed by atoms with Crippen LogP contribution in [0.4, 0.5) is 0 Å². The number of carbonyl (C=O) groups is 1. The van der Waals surface area contributed by atoms with Crippen LogP contribution < -0.4 is 5.32 Å². The van der Waals surface area contributed by atoms with Crippen molar-refractivity contribution in [1.82, 2.24) is 10.2 Å². The first kappa shape index (κ1) is 36.5. The van der Waals surface area contributed by atoms with Crippen LogP contribution >= 0.6 is 11.8 Å². The van der Waals surface area contributed by atoms with Crippen LogP contribution in [0.25, 0.3) is 0 Å². The number of epoxide rings is 1. The molecule has 0 radical (unpaired) electrons. The first-order valence-corrected chi connectivity index (χ1v) is 11.2. The molecule has 31 heavy (non-hydrogen) atoms. The van der Waals surface area contributed by atoms with Crippen molar-refractivity contribution < 1.29 is 24.5 Å². The van der Waals surface area contributed by atoms with E-state index in [9.17, 15) is 4.79 Å². The fourth-order valence-corrected chi connectivity index (χ4v) is 2.40. The third-order valence-corrected chi connectivity index (χ3v) is 4.50. The topological polar surface area (TPSA) is 118 Å². The number of aliphatic hydroxyl groups is 2. The van der Waals surface area contributed by atoms with E-state index >= 15 is 0 Å². The minimum Gasteiger partial charge on any atom is -0.466 e. The average molecular weight is 462 g/mol. The molecule has 8 nitrogen and oxygen atoms in total. The maximum Gasteiger partial charge on any atom is 0.302 e. The van der Waals surface area contributed by atoms with Gasteiger partial charge in [-0.25, -0.2) is 0 Å². The molecule has 0 spiro atoms. The van der Waals surface area contributed by atoms with E-state index in [1.165, 1.54) is 13.0 Å².